The van der Waals surface area contributed by atoms with Crippen molar-refractivity contribution in [3.8, 4) is 0 Å². The lowest BCUT2D eigenvalue weighted by Crippen LogP contribution is -2.46. The Morgan fingerprint density at radius 1 is 1.36 bits per heavy atom. The molecule has 0 aliphatic carbocycles. The number of aromatic nitrogens is 2. The van der Waals surface area contributed by atoms with Crippen LogP contribution in [-0.2, 0) is 12.3 Å². The summed E-state index contributed by atoms with van der Waals surface area (Å²) in [5.74, 6) is 0.664. The van der Waals surface area contributed by atoms with Crippen molar-refractivity contribution in [1.82, 2.24) is 4.98 Å². The Morgan fingerprint density at radius 2 is 2.14 bits per heavy atom. The zero-order chi connectivity index (χ0) is 14.7. The molecule has 8 heteroatoms. The minimum Gasteiger partial charge on any atom is -0.353 e. The molecule has 1 unspecified atom stereocenters. The second-order valence-corrected chi connectivity index (χ2v) is 4.84. The molecule has 1 aliphatic heterocycles. The maximum Gasteiger partial charge on any atom is 0.396 e. The summed E-state index contributed by atoms with van der Waals surface area (Å²) in [6.45, 7) is 1.05. The molecule has 22 heavy (non-hydrogen) atoms. The average molecular weight is 364 g/mol. The largest absolute Gasteiger partial charge is 0.396 e. The van der Waals surface area contributed by atoms with Gasteiger partial charge < -0.3 is 5.11 Å². The maximum atomic E-state index is 11.2. The van der Waals surface area contributed by atoms with E-state index in [0.29, 0.717) is 19.0 Å². The van der Waals surface area contributed by atoms with Gasteiger partial charge in [0.1, 0.15) is 12.7 Å². The van der Waals surface area contributed by atoms with Crippen LogP contribution in [0.25, 0.3) is 10.4 Å². The van der Waals surface area contributed by atoms with E-state index in [1.165, 1.54) is 0 Å². The second-order valence-electron chi connectivity index (χ2n) is 4.84. The Balaban J connectivity index is 0.00000176. The predicted molar refractivity (Wildman–Crippen MR) is 86.5 cm³/mol. The zero-order valence-electron chi connectivity index (χ0n) is 11.8. The summed E-state index contributed by atoms with van der Waals surface area (Å²) >= 11 is 0. The fraction of sp³-hybridized carbons (Fsp3) is 0.286. The van der Waals surface area contributed by atoms with E-state index in [4.69, 9.17) is 5.53 Å². The van der Waals surface area contributed by atoms with Crippen LogP contribution in [0.4, 0.5) is 5.95 Å². The zero-order valence-corrected chi connectivity index (χ0v) is 13.5. The van der Waals surface area contributed by atoms with Gasteiger partial charge in [0.25, 0.3) is 0 Å². The highest BCUT2D eigenvalue weighted by Gasteiger charge is 2.50. The quantitative estimate of drug-likeness (QED) is 0.389. The fourth-order valence-corrected chi connectivity index (χ4v) is 2.66. The van der Waals surface area contributed by atoms with Gasteiger partial charge in [-0.25, -0.2) is 9.47 Å². The third kappa shape index (κ3) is 2.76. The highest BCUT2D eigenvalue weighted by molar-refractivity contribution is 8.93. The Morgan fingerprint density at radius 3 is 2.86 bits per heavy atom. The van der Waals surface area contributed by atoms with Crippen LogP contribution < -0.4 is 9.47 Å². The maximum absolute atomic E-state index is 11.2. The van der Waals surface area contributed by atoms with Gasteiger partial charge in [-0.15, -0.1) is 17.0 Å². The minimum absolute atomic E-state index is 0. The molecule has 7 nitrogen and oxygen atoms in total. The van der Waals surface area contributed by atoms with Crippen molar-refractivity contribution in [2.75, 3.05) is 18.0 Å². The number of fused-ring (bicyclic) bond motifs is 1. The summed E-state index contributed by atoms with van der Waals surface area (Å²) in [7, 11) is 0. The number of anilines is 1. The van der Waals surface area contributed by atoms with Crippen LogP contribution >= 0.6 is 17.0 Å². The first-order chi connectivity index (χ1) is 10.3. The van der Waals surface area contributed by atoms with Gasteiger partial charge in [0.2, 0.25) is 5.72 Å². The molecule has 0 saturated heterocycles. The van der Waals surface area contributed by atoms with Crippen LogP contribution in [0.5, 0.6) is 0 Å². The molecule has 0 amide bonds. The van der Waals surface area contributed by atoms with Crippen LogP contribution in [0.15, 0.2) is 53.9 Å². The molecule has 0 bridgehead atoms. The molecular weight excluding hydrogens is 348 g/mol. The summed E-state index contributed by atoms with van der Waals surface area (Å²) < 4.78 is 1.89. The highest BCUT2D eigenvalue weighted by atomic mass is 79.9. The fourth-order valence-electron chi connectivity index (χ4n) is 2.66. The number of rotatable bonds is 4. The molecule has 0 radical (unpaired) electrons. The van der Waals surface area contributed by atoms with Crippen molar-refractivity contribution in [2.24, 2.45) is 5.11 Å². The molecule has 2 aromatic rings. The molecule has 1 aromatic heterocycles. The van der Waals surface area contributed by atoms with E-state index in [-0.39, 0.29) is 23.5 Å². The number of halogens is 1. The number of aliphatic hydroxyl groups is 1. The first kappa shape index (κ1) is 16.2. The van der Waals surface area contributed by atoms with Crippen molar-refractivity contribution in [2.45, 2.75) is 12.3 Å². The Labute approximate surface area is 138 Å². The number of azide groups is 1. The first-order valence-electron chi connectivity index (χ1n) is 6.66. The van der Waals surface area contributed by atoms with Crippen molar-refractivity contribution in [1.29, 1.82) is 0 Å². The van der Waals surface area contributed by atoms with E-state index in [1.807, 2.05) is 47.2 Å². The van der Waals surface area contributed by atoms with Gasteiger partial charge in [-0.3, -0.25) is 0 Å². The van der Waals surface area contributed by atoms with Gasteiger partial charge >= 0.3 is 5.95 Å². The molecule has 3 rings (SSSR count). The first-order valence-corrected chi connectivity index (χ1v) is 6.66. The second kappa shape index (κ2) is 6.74. The van der Waals surface area contributed by atoms with Gasteiger partial charge in [0.05, 0.1) is 19.3 Å². The van der Waals surface area contributed by atoms with Crippen LogP contribution in [-0.4, -0.2) is 23.2 Å². The van der Waals surface area contributed by atoms with Gasteiger partial charge in [-0.2, -0.15) is 0 Å². The molecule has 0 saturated carbocycles. The minimum atomic E-state index is -1.19. The predicted octanol–water partition coefficient (Wildman–Crippen LogP) is 1.92. The molecule has 114 valence electrons. The van der Waals surface area contributed by atoms with Crippen molar-refractivity contribution in [3.63, 3.8) is 0 Å². The summed E-state index contributed by atoms with van der Waals surface area (Å²) in [6.07, 6.45) is 3.56. The van der Waals surface area contributed by atoms with Crippen molar-refractivity contribution in [3.05, 3.63) is 64.8 Å². The Kier molecular flexibility index (Phi) is 4.97. The van der Waals surface area contributed by atoms with Gasteiger partial charge in [-0.1, -0.05) is 40.4 Å². The summed E-state index contributed by atoms with van der Waals surface area (Å²) in [5.41, 5.74) is 8.04. The summed E-state index contributed by atoms with van der Waals surface area (Å²) in [6, 6.07) is 11.3. The summed E-state index contributed by atoms with van der Waals surface area (Å²) in [5, 5.41) is 14.7. The molecular formula is C14H16BrN6O+. The van der Waals surface area contributed by atoms with Crippen LogP contribution in [0.1, 0.15) is 5.56 Å². The molecule has 1 N–H and O–H groups in total. The lowest BCUT2D eigenvalue weighted by atomic mass is 10.0. The molecule has 2 heterocycles. The highest BCUT2D eigenvalue weighted by Crippen LogP contribution is 2.33. The number of hydrogen-bond donors (Lipinski definition) is 1. The molecule has 1 atom stereocenters. The molecule has 1 aliphatic rings. The van der Waals surface area contributed by atoms with Crippen LogP contribution in [0.3, 0.4) is 0 Å². The van der Waals surface area contributed by atoms with E-state index in [2.05, 4.69) is 15.0 Å². The SMILES string of the molecule is Br.[N-]=[N+]=NCCN1c2nccc[n+]2CC1(O)c1ccccc1. The smallest absolute Gasteiger partial charge is 0.353 e. The number of nitrogens with zero attached hydrogens (tertiary/aromatic N) is 6. The van der Waals surface area contributed by atoms with E-state index in [0.717, 1.165) is 5.56 Å². The Hall–Kier alpha value is -2.15. The van der Waals surface area contributed by atoms with Gasteiger partial charge in [0, 0.05) is 16.5 Å². The third-order valence-corrected chi connectivity index (χ3v) is 3.60. The summed E-state index contributed by atoms with van der Waals surface area (Å²) in [4.78, 5) is 8.87. The molecule has 1 aromatic carbocycles. The van der Waals surface area contributed by atoms with E-state index >= 15 is 0 Å². The van der Waals surface area contributed by atoms with E-state index in [1.54, 1.807) is 11.1 Å². The van der Waals surface area contributed by atoms with Gasteiger partial charge in [0.15, 0.2) is 0 Å². The van der Waals surface area contributed by atoms with Crippen LogP contribution in [0, 0.1) is 0 Å². The number of benzene rings is 1. The monoisotopic (exact) mass is 363 g/mol. The van der Waals surface area contributed by atoms with Crippen molar-refractivity contribution >= 4 is 22.9 Å². The van der Waals surface area contributed by atoms with Crippen LogP contribution in [0.2, 0.25) is 0 Å². The lowest BCUT2D eigenvalue weighted by Gasteiger charge is -2.27. The number of hydrogen-bond acceptors (Lipinski definition) is 4. The lowest BCUT2D eigenvalue weighted by molar-refractivity contribution is -0.685. The molecule has 0 fully saturated rings. The Bertz CT molecular complexity index is 691. The van der Waals surface area contributed by atoms with E-state index in [9.17, 15) is 5.11 Å². The van der Waals surface area contributed by atoms with Crippen molar-refractivity contribution < 1.29 is 9.67 Å². The topological polar surface area (TPSA) is 89.0 Å². The standard InChI is InChI=1S/C14H15N6O.BrH/c15-18-17-8-10-20-13-16-7-4-9-19(13)11-14(20,21)12-5-2-1-3-6-12;/h1-7,9,21H,8,10-11H2;1H/q+1;. The molecule has 0 spiro atoms. The average Bonchev–Trinajstić information content (AvgIpc) is 2.82. The van der Waals surface area contributed by atoms with Gasteiger partial charge in [-0.05, 0) is 5.53 Å². The third-order valence-electron chi connectivity index (χ3n) is 3.60. The normalized spacial score (nSPS) is 19.0. The van der Waals surface area contributed by atoms with E-state index < -0.39 is 5.72 Å².